The van der Waals surface area contributed by atoms with Crippen molar-refractivity contribution in [2.24, 2.45) is 0 Å². The molecule has 2 aliphatic heterocycles. The minimum absolute atomic E-state index is 0. The molecular weight excluding hydrogens is 268 g/mol. The Bertz CT molecular complexity index is 306. The van der Waals surface area contributed by atoms with E-state index in [2.05, 4.69) is 4.90 Å². The van der Waals surface area contributed by atoms with Gasteiger partial charge in [0.1, 0.15) is 5.60 Å². The topological polar surface area (TPSA) is 53.0 Å². The van der Waals surface area contributed by atoms with Crippen LogP contribution in [-0.4, -0.2) is 64.9 Å². The number of ether oxygens (including phenoxy) is 1. The van der Waals surface area contributed by atoms with Gasteiger partial charge in [-0.15, -0.1) is 12.4 Å². The molecule has 0 unspecified atom stereocenters. The Balaban J connectivity index is 0.00000180. The van der Waals surface area contributed by atoms with E-state index in [4.69, 9.17) is 4.74 Å². The molecule has 5 nitrogen and oxygen atoms in total. The van der Waals surface area contributed by atoms with Crippen LogP contribution in [0.4, 0.5) is 4.79 Å². The number of halogens is 1. The van der Waals surface area contributed by atoms with Gasteiger partial charge in [0.2, 0.25) is 0 Å². The Morgan fingerprint density at radius 3 is 2.16 bits per heavy atom. The maximum absolute atomic E-state index is 11.9. The fourth-order valence-corrected chi connectivity index (χ4v) is 2.53. The van der Waals surface area contributed by atoms with Crippen LogP contribution in [0.25, 0.3) is 0 Å². The van der Waals surface area contributed by atoms with E-state index >= 15 is 0 Å². The summed E-state index contributed by atoms with van der Waals surface area (Å²) in [7, 11) is 0. The molecule has 0 radical (unpaired) electrons. The second-order valence-electron chi connectivity index (χ2n) is 6.31. The molecule has 2 saturated heterocycles. The van der Waals surface area contributed by atoms with Gasteiger partial charge in [-0.1, -0.05) is 0 Å². The van der Waals surface area contributed by atoms with Crippen molar-refractivity contribution in [2.75, 3.05) is 26.2 Å². The van der Waals surface area contributed by atoms with Crippen LogP contribution >= 0.6 is 12.4 Å². The van der Waals surface area contributed by atoms with E-state index in [0.717, 1.165) is 39.0 Å². The molecule has 1 amide bonds. The van der Waals surface area contributed by atoms with Crippen LogP contribution in [0.15, 0.2) is 0 Å². The highest BCUT2D eigenvalue weighted by molar-refractivity contribution is 5.85. The van der Waals surface area contributed by atoms with Gasteiger partial charge >= 0.3 is 6.09 Å². The molecule has 2 aliphatic rings. The Labute approximate surface area is 121 Å². The van der Waals surface area contributed by atoms with Gasteiger partial charge in [-0.05, 0) is 33.6 Å². The molecule has 2 rings (SSSR count). The van der Waals surface area contributed by atoms with Gasteiger partial charge < -0.3 is 14.7 Å². The van der Waals surface area contributed by atoms with E-state index in [0.29, 0.717) is 6.04 Å². The number of carbonyl (C=O) groups excluding carboxylic acids is 1. The predicted octanol–water partition coefficient (Wildman–Crippen LogP) is 1.48. The van der Waals surface area contributed by atoms with E-state index < -0.39 is 5.60 Å². The molecule has 6 heteroatoms. The fourth-order valence-electron chi connectivity index (χ4n) is 2.53. The number of hydrogen-bond donors (Lipinski definition) is 1. The summed E-state index contributed by atoms with van der Waals surface area (Å²) in [6.07, 6.45) is 1.61. The summed E-state index contributed by atoms with van der Waals surface area (Å²) in [5.41, 5.74) is -0.421. The highest BCUT2D eigenvalue weighted by atomic mass is 35.5. The molecule has 0 spiro atoms. The van der Waals surface area contributed by atoms with Gasteiger partial charge in [0.05, 0.1) is 6.10 Å². The van der Waals surface area contributed by atoms with E-state index in [1.54, 1.807) is 4.90 Å². The summed E-state index contributed by atoms with van der Waals surface area (Å²) >= 11 is 0. The third kappa shape index (κ3) is 4.51. The van der Waals surface area contributed by atoms with E-state index in [9.17, 15) is 9.90 Å². The van der Waals surface area contributed by atoms with Gasteiger partial charge in [0, 0.05) is 32.2 Å². The first kappa shape index (κ1) is 16.5. The molecule has 2 fully saturated rings. The molecule has 1 N–H and O–H groups in total. The summed E-state index contributed by atoms with van der Waals surface area (Å²) in [6, 6.07) is 0.520. The van der Waals surface area contributed by atoms with E-state index in [1.165, 1.54) is 0 Å². The molecule has 0 aromatic heterocycles. The quantitative estimate of drug-likeness (QED) is 0.795. The van der Waals surface area contributed by atoms with Crippen molar-refractivity contribution in [2.45, 2.75) is 51.4 Å². The van der Waals surface area contributed by atoms with Crippen molar-refractivity contribution in [3.05, 3.63) is 0 Å². The van der Waals surface area contributed by atoms with Crippen molar-refractivity contribution in [3.63, 3.8) is 0 Å². The van der Waals surface area contributed by atoms with Crippen molar-refractivity contribution in [1.29, 1.82) is 0 Å². The molecule has 0 aromatic rings. The molecule has 0 aromatic carbocycles. The second kappa shape index (κ2) is 6.29. The minimum atomic E-state index is -0.421. The monoisotopic (exact) mass is 292 g/mol. The number of hydrogen-bond acceptors (Lipinski definition) is 4. The summed E-state index contributed by atoms with van der Waals surface area (Å²) < 4.78 is 5.36. The average Bonchev–Trinajstić information content (AvgIpc) is 2.23. The fraction of sp³-hybridized carbons (Fsp3) is 0.923. The number of carbonyl (C=O) groups is 1. The highest BCUT2D eigenvalue weighted by Crippen LogP contribution is 2.22. The average molecular weight is 293 g/mol. The van der Waals surface area contributed by atoms with Crippen molar-refractivity contribution >= 4 is 18.5 Å². The number of nitrogens with zero attached hydrogens (tertiary/aromatic N) is 2. The van der Waals surface area contributed by atoms with Crippen molar-refractivity contribution in [1.82, 2.24) is 9.80 Å². The first-order chi connectivity index (χ1) is 8.35. The normalized spacial score (nSPS) is 22.6. The van der Waals surface area contributed by atoms with Crippen LogP contribution in [0.2, 0.25) is 0 Å². The van der Waals surface area contributed by atoms with Gasteiger partial charge in [-0.2, -0.15) is 0 Å². The van der Waals surface area contributed by atoms with Crippen LogP contribution in [0.3, 0.4) is 0 Å². The summed E-state index contributed by atoms with van der Waals surface area (Å²) in [6.45, 7) is 8.75. The van der Waals surface area contributed by atoms with E-state index in [-0.39, 0.29) is 24.6 Å². The number of aliphatic hydroxyl groups excluding tert-OH is 1. The van der Waals surface area contributed by atoms with E-state index in [1.807, 2.05) is 20.8 Å². The van der Waals surface area contributed by atoms with Crippen molar-refractivity contribution in [3.8, 4) is 0 Å². The Morgan fingerprint density at radius 2 is 1.74 bits per heavy atom. The highest BCUT2D eigenvalue weighted by Gasteiger charge is 2.34. The summed E-state index contributed by atoms with van der Waals surface area (Å²) in [5.74, 6) is 0. The molecular formula is C13H25ClN2O3. The van der Waals surface area contributed by atoms with Crippen LogP contribution in [0.1, 0.15) is 33.6 Å². The maximum atomic E-state index is 11.9. The van der Waals surface area contributed by atoms with Crippen LogP contribution < -0.4 is 0 Å². The zero-order chi connectivity index (χ0) is 13.3. The molecule has 0 bridgehead atoms. The molecule has 0 atom stereocenters. The Hall–Kier alpha value is -0.520. The summed E-state index contributed by atoms with van der Waals surface area (Å²) in [5, 5.41) is 9.29. The Morgan fingerprint density at radius 1 is 1.21 bits per heavy atom. The maximum Gasteiger partial charge on any atom is 0.410 e. The van der Waals surface area contributed by atoms with Crippen LogP contribution in [0, 0.1) is 0 Å². The smallest absolute Gasteiger partial charge is 0.410 e. The number of piperidine rings is 1. The lowest BCUT2D eigenvalue weighted by Gasteiger charge is -2.45. The van der Waals surface area contributed by atoms with Gasteiger partial charge in [-0.25, -0.2) is 4.79 Å². The number of aliphatic hydroxyl groups is 1. The minimum Gasteiger partial charge on any atom is -0.444 e. The number of rotatable bonds is 1. The second-order valence-corrected chi connectivity index (χ2v) is 6.31. The van der Waals surface area contributed by atoms with Gasteiger partial charge in [-0.3, -0.25) is 4.90 Å². The van der Waals surface area contributed by atoms with Gasteiger partial charge in [0.15, 0.2) is 0 Å². The first-order valence-electron chi connectivity index (χ1n) is 6.75. The molecule has 2 heterocycles. The standard InChI is InChI=1S/C13H24N2O3.ClH/c1-13(2,3)18-12(17)14-6-4-10(5-7-14)15-8-11(16)9-15;/h10-11,16H,4-9H2,1-3H3;1H. The lowest BCUT2D eigenvalue weighted by atomic mass is 9.99. The molecule has 0 saturated carbocycles. The SMILES string of the molecule is CC(C)(C)OC(=O)N1CCC(N2CC(O)C2)CC1.Cl. The number of β-amino-alcohol motifs (C(OH)–C–C–N with tert-alkyl or cyclic N) is 1. The zero-order valence-electron chi connectivity index (χ0n) is 12.0. The lowest BCUT2D eigenvalue weighted by Crippen LogP contribution is -2.58. The molecule has 112 valence electrons. The number of likely N-dealkylation sites (tertiary alicyclic amines) is 2. The van der Waals surface area contributed by atoms with Crippen LogP contribution in [-0.2, 0) is 4.74 Å². The van der Waals surface area contributed by atoms with Gasteiger partial charge in [0.25, 0.3) is 0 Å². The zero-order valence-corrected chi connectivity index (χ0v) is 12.8. The predicted molar refractivity (Wildman–Crippen MR) is 75.7 cm³/mol. The molecule has 19 heavy (non-hydrogen) atoms. The lowest BCUT2D eigenvalue weighted by molar-refractivity contribution is -0.0425. The largest absolute Gasteiger partial charge is 0.444 e. The third-order valence-corrected chi connectivity index (χ3v) is 3.52. The summed E-state index contributed by atoms with van der Waals surface area (Å²) in [4.78, 5) is 16.0. The van der Waals surface area contributed by atoms with Crippen molar-refractivity contribution < 1.29 is 14.6 Å². The third-order valence-electron chi connectivity index (χ3n) is 3.52. The first-order valence-corrected chi connectivity index (χ1v) is 6.75. The number of amides is 1. The Kier molecular flexibility index (Phi) is 5.47. The van der Waals surface area contributed by atoms with Crippen LogP contribution in [0.5, 0.6) is 0 Å². The molecule has 0 aliphatic carbocycles.